The van der Waals surface area contributed by atoms with Crippen LogP contribution < -0.4 is 5.32 Å². The number of ketones is 1. The molecule has 1 aromatic carbocycles. The topological polar surface area (TPSA) is 84.2 Å². The van der Waals surface area contributed by atoms with Crippen LogP contribution in [0.1, 0.15) is 39.3 Å². The van der Waals surface area contributed by atoms with Crippen molar-refractivity contribution in [2.24, 2.45) is 7.05 Å². The minimum atomic E-state index is -1.12. The summed E-state index contributed by atoms with van der Waals surface area (Å²) in [5.41, 5.74) is 2.29. The molecule has 0 saturated carbocycles. The summed E-state index contributed by atoms with van der Waals surface area (Å²) in [6, 6.07) is 7.64. The molecule has 0 bridgehead atoms. The van der Waals surface area contributed by atoms with Crippen LogP contribution >= 0.6 is 0 Å². The Balaban J connectivity index is 1.73. The first-order valence-corrected chi connectivity index (χ1v) is 7.97. The van der Waals surface area contributed by atoms with Crippen molar-refractivity contribution >= 4 is 11.7 Å². The normalized spacial score (nSPS) is 19.2. The largest absolute Gasteiger partial charge is 0.383 e. The minimum Gasteiger partial charge on any atom is -0.383 e. The molecule has 1 atom stereocenters. The van der Waals surface area contributed by atoms with Gasteiger partial charge in [0.2, 0.25) is 0 Å². The molecule has 6 heteroatoms. The summed E-state index contributed by atoms with van der Waals surface area (Å²) in [4.78, 5) is 24.7. The van der Waals surface area contributed by atoms with E-state index in [0.717, 1.165) is 17.5 Å². The van der Waals surface area contributed by atoms with Gasteiger partial charge in [0, 0.05) is 12.7 Å². The summed E-state index contributed by atoms with van der Waals surface area (Å²) in [5.74, 6) is -1.33. The van der Waals surface area contributed by atoms with E-state index in [4.69, 9.17) is 0 Å². The molecule has 0 radical (unpaired) electrons. The number of aliphatic hydroxyl groups is 1. The average molecular weight is 327 g/mol. The Hall–Kier alpha value is -2.47. The van der Waals surface area contributed by atoms with Crippen LogP contribution in [-0.4, -0.2) is 33.1 Å². The lowest BCUT2D eigenvalue weighted by atomic mass is 9.96. The number of carbonyl (C=O) groups excluding carboxylic acids is 2. The van der Waals surface area contributed by atoms with Gasteiger partial charge in [-0.05, 0) is 37.8 Å². The fourth-order valence-corrected chi connectivity index (χ4v) is 3.37. The molecule has 1 aliphatic carbocycles. The van der Waals surface area contributed by atoms with Gasteiger partial charge in [-0.15, -0.1) is 0 Å². The number of benzene rings is 1. The monoisotopic (exact) mass is 327 g/mol. The quantitative estimate of drug-likeness (QED) is 0.652. The van der Waals surface area contributed by atoms with Gasteiger partial charge in [0.1, 0.15) is 5.60 Å². The second-order valence-corrected chi connectivity index (χ2v) is 6.37. The number of aryl methyl sites for hydroxylation is 3. The molecular weight excluding hydrogens is 306 g/mol. The van der Waals surface area contributed by atoms with Crippen LogP contribution in [-0.2, 0) is 23.9 Å². The second kappa shape index (κ2) is 5.87. The van der Waals surface area contributed by atoms with E-state index in [0.29, 0.717) is 23.4 Å². The van der Waals surface area contributed by atoms with Crippen LogP contribution in [0.2, 0.25) is 0 Å². The predicted octanol–water partition coefficient (Wildman–Crippen LogP) is 1.17. The smallest absolute Gasteiger partial charge is 0.292 e. The summed E-state index contributed by atoms with van der Waals surface area (Å²) in [7, 11) is 1.73. The number of nitrogens with one attached hydrogen (secondary N) is 1. The van der Waals surface area contributed by atoms with Crippen molar-refractivity contribution in [2.75, 3.05) is 6.54 Å². The Morgan fingerprint density at radius 2 is 2.04 bits per heavy atom. The Morgan fingerprint density at radius 3 is 2.71 bits per heavy atom. The maximum Gasteiger partial charge on any atom is 0.292 e. The van der Waals surface area contributed by atoms with Crippen molar-refractivity contribution in [3.05, 3.63) is 52.3 Å². The lowest BCUT2D eigenvalue weighted by Gasteiger charge is -2.24. The van der Waals surface area contributed by atoms with E-state index in [9.17, 15) is 14.7 Å². The highest BCUT2D eigenvalue weighted by molar-refractivity contribution is 6.43. The molecule has 0 spiro atoms. The third-order valence-corrected chi connectivity index (χ3v) is 4.81. The van der Waals surface area contributed by atoms with E-state index in [1.165, 1.54) is 0 Å². The molecule has 0 fully saturated rings. The molecule has 1 amide bonds. The maximum atomic E-state index is 12.4. The summed E-state index contributed by atoms with van der Waals surface area (Å²) in [6.45, 7) is 3.47. The van der Waals surface area contributed by atoms with Gasteiger partial charge >= 0.3 is 0 Å². The van der Waals surface area contributed by atoms with Crippen LogP contribution in [0.4, 0.5) is 0 Å². The van der Waals surface area contributed by atoms with Crippen molar-refractivity contribution in [2.45, 2.75) is 32.3 Å². The molecule has 2 aromatic rings. The van der Waals surface area contributed by atoms with Crippen LogP contribution in [0.3, 0.4) is 0 Å². The van der Waals surface area contributed by atoms with E-state index < -0.39 is 17.3 Å². The van der Waals surface area contributed by atoms with Crippen molar-refractivity contribution in [1.82, 2.24) is 15.1 Å². The van der Waals surface area contributed by atoms with Gasteiger partial charge in [-0.25, -0.2) is 0 Å². The van der Waals surface area contributed by atoms with Crippen LogP contribution in [0, 0.1) is 13.8 Å². The SMILES string of the molecule is Cc1nn(C)c(C)c1C(=O)C(=O)NCC1(O)CCc2ccccc21. The molecular formula is C18H21N3O3. The summed E-state index contributed by atoms with van der Waals surface area (Å²) in [6.07, 6.45) is 1.29. The zero-order valence-corrected chi connectivity index (χ0v) is 14.1. The first kappa shape index (κ1) is 16.4. The van der Waals surface area contributed by atoms with Crippen LogP contribution in [0.15, 0.2) is 24.3 Å². The second-order valence-electron chi connectivity index (χ2n) is 6.37. The van der Waals surface area contributed by atoms with Crippen molar-refractivity contribution < 1.29 is 14.7 Å². The zero-order chi connectivity index (χ0) is 17.5. The third-order valence-electron chi connectivity index (χ3n) is 4.81. The lowest BCUT2D eigenvalue weighted by molar-refractivity contribution is -0.118. The Kier molecular flexibility index (Phi) is 4.01. The number of hydrogen-bond acceptors (Lipinski definition) is 4. The molecule has 0 saturated heterocycles. The fourth-order valence-electron chi connectivity index (χ4n) is 3.37. The number of amides is 1. The molecule has 3 rings (SSSR count). The molecule has 0 aliphatic heterocycles. The molecule has 126 valence electrons. The van der Waals surface area contributed by atoms with E-state index >= 15 is 0 Å². The van der Waals surface area contributed by atoms with Gasteiger partial charge in [0.15, 0.2) is 0 Å². The molecule has 2 N–H and O–H groups in total. The lowest BCUT2D eigenvalue weighted by Crippen LogP contribution is -2.42. The molecule has 1 unspecified atom stereocenters. The Labute approximate surface area is 140 Å². The number of nitrogens with zero attached hydrogens (tertiary/aromatic N) is 2. The highest BCUT2D eigenvalue weighted by atomic mass is 16.3. The minimum absolute atomic E-state index is 0.0208. The number of aromatic nitrogens is 2. The van der Waals surface area contributed by atoms with Gasteiger partial charge in [0.05, 0.1) is 17.8 Å². The highest BCUT2D eigenvalue weighted by Crippen LogP contribution is 2.36. The predicted molar refractivity (Wildman–Crippen MR) is 88.7 cm³/mol. The van der Waals surface area contributed by atoms with E-state index in [1.54, 1.807) is 25.6 Å². The maximum absolute atomic E-state index is 12.4. The van der Waals surface area contributed by atoms with E-state index in [2.05, 4.69) is 10.4 Å². The zero-order valence-electron chi connectivity index (χ0n) is 14.1. The van der Waals surface area contributed by atoms with E-state index in [1.807, 2.05) is 24.3 Å². The first-order valence-electron chi connectivity index (χ1n) is 7.97. The number of carbonyl (C=O) groups is 2. The Morgan fingerprint density at radius 1 is 1.33 bits per heavy atom. The number of hydrogen-bond donors (Lipinski definition) is 2. The molecule has 24 heavy (non-hydrogen) atoms. The van der Waals surface area contributed by atoms with Crippen molar-refractivity contribution in [3.8, 4) is 0 Å². The van der Waals surface area contributed by atoms with Crippen LogP contribution in [0.25, 0.3) is 0 Å². The first-order chi connectivity index (χ1) is 11.3. The fraction of sp³-hybridized carbons (Fsp3) is 0.389. The number of fused-ring (bicyclic) bond motifs is 1. The summed E-state index contributed by atoms with van der Waals surface area (Å²) >= 11 is 0. The van der Waals surface area contributed by atoms with Gasteiger partial charge in [-0.3, -0.25) is 14.3 Å². The van der Waals surface area contributed by atoms with E-state index in [-0.39, 0.29) is 6.54 Å². The van der Waals surface area contributed by atoms with Gasteiger partial charge < -0.3 is 10.4 Å². The number of rotatable bonds is 4. The highest BCUT2D eigenvalue weighted by Gasteiger charge is 2.37. The Bertz CT molecular complexity index is 825. The standard InChI is InChI=1S/C18H21N3O3/c1-11-15(12(2)21(3)20-11)16(22)17(23)19-10-18(24)9-8-13-6-4-5-7-14(13)18/h4-7,24H,8-10H2,1-3H3,(H,19,23). The van der Waals surface area contributed by atoms with Gasteiger partial charge in [-0.2, -0.15) is 5.10 Å². The molecule has 6 nitrogen and oxygen atoms in total. The summed E-state index contributed by atoms with van der Waals surface area (Å²) < 4.78 is 1.58. The molecule has 1 heterocycles. The van der Waals surface area contributed by atoms with Gasteiger partial charge in [-0.1, -0.05) is 24.3 Å². The van der Waals surface area contributed by atoms with Crippen molar-refractivity contribution in [1.29, 1.82) is 0 Å². The summed E-state index contributed by atoms with van der Waals surface area (Å²) in [5, 5.41) is 17.6. The van der Waals surface area contributed by atoms with Gasteiger partial charge in [0.25, 0.3) is 11.7 Å². The van der Waals surface area contributed by atoms with Crippen LogP contribution in [0.5, 0.6) is 0 Å². The van der Waals surface area contributed by atoms with Crippen molar-refractivity contribution in [3.63, 3.8) is 0 Å². The molecule has 1 aliphatic rings. The number of Topliss-reactive ketones (excluding diaryl/α,β-unsaturated/α-hetero) is 1. The molecule has 1 aromatic heterocycles. The third kappa shape index (κ3) is 2.63. The average Bonchev–Trinajstić information content (AvgIpc) is 3.03.